The van der Waals surface area contributed by atoms with Crippen molar-refractivity contribution in [3.63, 3.8) is 0 Å². The van der Waals surface area contributed by atoms with Crippen LogP contribution in [0.3, 0.4) is 0 Å². The van der Waals surface area contributed by atoms with Crippen LogP contribution in [-0.2, 0) is 9.53 Å². The largest absolute Gasteiger partial charge is 0.444 e. The molecule has 0 aliphatic heterocycles. The number of alkyl carbamates (subject to hydrolysis) is 1. The smallest absolute Gasteiger partial charge is 0.408 e. The number of aromatic nitrogens is 1. The predicted octanol–water partition coefficient (Wildman–Crippen LogP) is 1.47. The summed E-state index contributed by atoms with van der Waals surface area (Å²) in [5.74, 6) is -0.322. The molecule has 1 heterocycles. The van der Waals surface area contributed by atoms with Gasteiger partial charge in [-0.1, -0.05) is 0 Å². The lowest BCUT2D eigenvalue weighted by Gasteiger charge is -2.21. The van der Waals surface area contributed by atoms with Gasteiger partial charge in [-0.2, -0.15) is 0 Å². The number of rotatable bonds is 3. The van der Waals surface area contributed by atoms with Crippen molar-refractivity contribution < 1.29 is 14.3 Å². The van der Waals surface area contributed by atoms with Gasteiger partial charge in [-0.3, -0.25) is 14.9 Å². The minimum atomic E-state index is -0.678. The van der Waals surface area contributed by atoms with Gasteiger partial charge in [0.05, 0.1) is 0 Å². The quantitative estimate of drug-likeness (QED) is 0.856. The highest BCUT2D eigenvalue weighted by molar-refractivity contribution is 5.90. The Balaban J connectivity index is 2.42. The molecule has 0 bridgehead atoms. The summed E-state index contributed by atoms with van der Waals surface area (Å²) in [5, 5.41) is 2.46. The summed E-state index contributed by atoms with van der Waals surface area (Å²) >= 11 is 0. The molecule has 6 heteroatoms. The van der Waals surface area contributed by atoms with E-state index in [4.69, 9.17) is 4.74 Å². The molecule has 0 saturated heterocycles. The highest BCUT2D eigenvalue weighted by Gasteiger charge is 2.20. The van der Waals surface area contributed by atoms with Gasteiger partial charge in [0, 0.05) is 12.4 Å². The third kappa shape index (κ3) is 4.90. The van der Waals surface area contributed by atoms with Crippen molar-refractivity contribution in [2.24, 2.45) is 0 Å². The van der Waals surface area contributed by atoms with Crippen LogP contribution in [0.15, 0.2) is 24.5 Å². The zero-order valence-corrected chi connectivity index (χ0v) is 11.1. The molecular weight excluding hydrogens is 234 g/mol. The minimum absolute atomic E-state index is 0.322. The van der Waals surface area contributed by atoms with Crippen molar-refractivity contribution in [1.82, 2.24) is 9.99 Å². The van der Waals surface area contributed by atoms with Gasteiger partial charge in [0.2, 0.25) is 0 Å². The van der Waals surface area contributed by atoms with E-state index in [1.165, 1.54) is 4.68 Å². The molecule has 2 N–H and O–H groups in total. The van der Waals surface area contributed by atoms with Gasteiger partial charge in [-0.25, -0.2) is 4.79 Å². The fourth-order valence-corrected chi connectivity index (χ4v) is 1.18. The fraction of sp³-hybridized carbons (Fsp3) is 0.500. The third-order valence-electron chi connectivity index (χ3n) is 1.97. The first-order valence-corrected chi connectivity index (χ1v) is 5.71. The number of ether oxygens (including phenoxy) is 1. The molecule has 2 amide bonds. The number of nitrogens with zero attached hydrogens (tertiary/aromatic N) is 1. The van der Waals surface area contributed by atoms with E-state index in [2.05, 4.69) is 10.7 Å². The summed E-state index contributed by atoms with van der Waals surface area (Å²) < 4.78 is 6.57. The molecule has 1 aromatic heterocycles. The Morgan fingerprint density at radius 3 is 2.28 bits per heavy atom. The van der Waals surface area contributed by atoms with E-state index < -0.39 is 17.7 Å². The van der Waals surface area contributed by atoms with E-state index in [9.17, 15) is 9.59 Å². The van der Waals surface area contributed by atoms with E-state index in [0.717, 1.165) is 0 Å². The highest BCUT2D eigenvalue weighted by atomic mass is 16.6. The summed E-state index contributed by atoms with van der Waals surface area (Å²) in [6, 6.07) is 2.89. The number of hydrogen-bond acceptors (Lipinski definition) is 3. The number of amides is 2. The number of carbonyl (C=O) groups excluding carboxylic acids is 2. The molecule has 1 unspecified atom stereocenters. The first-order chi connectivity index (χ1) is 8.28. The second-order valence-electron chi connectivity index (χ2n) is 4.93. The van der Waals surface area contributed by atoms with Gasteiger partial charge < -0.3 is 10.1 Å². The van der Waals surface area contributed by atoms with E-state index >= 15 is 0 Å². The van der Waals surface area contributed by atoms with Crippen molar-refractivity contribution in [3.8, 4) is 0 Å². The van der Waals surface area contributed by atoms with Crippen LogP contribution in [0.4, 0.5) is 4.79 Å². The van der Waals surface area contributed by atoms with E-state index in [-0.39, 0.29) is 5.91 Å². The maximum absolute atomic E-state index is 11.7. The fourth-order valence-electron chi connectivity index (χ4n) is 1.18. The topological polar surface area (TPSA) is 72.4 Å². The van der Waals surface area contributed by atoms with Gasteiger partial charge in [0.15, 0.2) is 0 Å². The summed E-state index contributed by atoms with van der Waals surface area (Å²) in [7, 11) is 0. The normalized spacial score (nSPS) is 12.7. The van der Waals surface area contributed by atoms with Crippen LogP contribution in [0.2, 0.25) is 0 Å². The zero-order valence-electron chi connectivity index (χ0n) is 11.1. The van der Waals surface area contributed by atoms with Crippen LogP contribution < -0.4 is 10.7 Å². The molecule has 18 heavy (non-hydrogen) atoms. The Morgan fingerprint density at radius 2 is 1.78 bits per heavy atom. The molecule has 6 nitrogen and oxygen atoms in total. The summed E-state index contributed by atoms with van der Waals surface area (Å²) in [6.45, 7) is 6.87. The Labute approximate surface area is 106 Å². The number of nitrogens with one attached hydrogen (secondary N) is 2. The van der Waals surface area contributed by atoms with Crippen LogP contribution in [0.25, 0.3) is 0 Å². The second kappa shape index (κ2) is 5.57. The van der Waals surface area contributed by atoms with E-state index in [1.54, 1.807) is 52.2 Å². The molecule has 1 rings (SSSR count). The first-order valence-electron chi connectivity index (χ1n) is 5.71. The number of carbonyl (C=O) groups is 2. The van der Waals surface area contributed by atoms with Crippen LogP contribution in [0.1, 0.15) is 27.7 Å². The van der Waals surface area contributed by atoms with Crippen molar-refractivity contribution in [1.29, 1.82) is 0 Å². The lowest BCUT2D eigenvalue weighted by molar-refractivity contribution is -0.118. The molecule has 1 aromatic rings. The lowest BCUT2D eigenvalue weighted by atomic mass is 10.2. The maximum atomic E-state index is 11.7. The average molecular weight is 253 g/mol. The van der Waals surface area contributed by atoms with Crippen molar-refractivity contribution >= 4 is 12.0 Å². The Bertz CT molecular complexity index is 407. The zero-order chi connectivity index (χ0) is 13.8. The monoisotopic (exact) mass is 253 g/mol. The Kier molecular flexibility index (Phi) is 4.36. The summed E-state index contributed by atoms with van der Waals surface area (Å²) in [6.07, 6.45) is 2.77. The maximum Gasteiger partial charge on any atom is 0.408 e. The van der Waals surface area contributed by atoms with Gasteiger partial charge in [0.1, 0.15) is 11.6 Å². The van der Waals surface area contributed by atoms with Crippen molar-refractivity contribution in [3.05, 3.63) is 24.5 Å². The van der Waals surface area contributed by atoms with Crippen LogP contribution in [0, 0.1) is 0 Å². The molecule has 0 aromatic carbocycles. The van der Waals surface area contributed by atoms with Crippen LogP contribution in [-0.4, -0.2) is 28.3 Å². The minimum Gasteiger partial charge on any atom is -0.444 e. The van der Waals surface area contributed by atoms with Gasteiger partial charge in [-0.15, -0.1) is 0 Å². The molecular formula is C12H19N3O3. The van der Waals surface area contributed by atoms with Crippen LogP contribution in [0.5, 0.6) is 0 Å². The van der Waals surface area contributed by atoms with Crippen LogP contribution >= 0.6 is 0 Å². The molecule has 0 fully saturated rings. The molecule has 0 spiro atoms. The lowest BCUT2D eigenvalue weighted by Crippen LogP contribution is -2.45. The Morgan fingerprint density at radius 1 is 1.22 bits per heavy atom. The van der Waals surface area contributed by atoms with Crippen molar-refractivity contribution in [2.45, 2.75) is 39.3 Å². The molecule has 0 aliphatic rings. The molecule has 0 saturated carbocycles. The van der Waals surface area contributed by atoms with E-state index in [1.807, 2.05) is 0 Å². The van der Waals surface area contributed by atoms with E-state index in [0.29, 0.717) is 0 Å². The summed E-state index contributed by atoms with van der Waals surface area (Å²) in [4.78, 5) is 23.2. The summed E-state index contributed by atoms with van der Waals surface area (Å²) in [5.41, 5.74) is 2.01. The average Bonchev–Trinajstić information content (AvgIpc) is 2.66. The van der Waals surface area contributed by atoms with Gasteiger partial charge in [-0.05, 0) is 39.8 Å². The van der Waals surface area contributed by atoms with Gasteiger partial charge in [0.25, 0.3) is 5.91 Å². The van der Waals surface area contributed by atoms with Gasteiger partial charge >= 0.3 is 6.09 Å². The second-order valence-corrected chi connectivity index (χ2v) is 4.93. The van der Waals surface area contributed by atoms with Crippen molar-refractivity contribution in [2.75, 3.05) is 5.43 Å². The molecule has 0 aliphatic carbocycles. The predicted molar refractivity (Wildman–Crippen MR) is 67.6 cm³/mol. The molecule has 1 atom stereocenters. The molecule has 0 radical (unpaired) electrons. The first kappa shape index (κ1) is 14.1. The Hall–Kier alpha value is -1.98. The highest BCUT2D eigenvalue weighted by Crippen LogP contribution is 2.06. The SMILES string of the molecule is CC(NC(=O)OC(C)(C)C)C(=O)Nn1cccc1. The standard InChI is InChI=1S/C12H19N3O3/c1-9(13-11(17)18-12(2,3)4)10(16)14-15-7-5-6-8-15/h5-9H,1-4H3,(H,13,17)(H,14,16). The third-order valence-corrected chi connectivity index (χ3v) is 1.97. The number of hydrogen-bond donors (Lipinski definition) is 2. The molecule has 100 valence electrons.